The number of carbonyl (C=O) groups is 1. The molecule has 0 saturated heterocycles. The van der Waals surface area contributed by atoms with Gasteiger partial charge in [0, 0.05) is 19.6 Å². The monoisotopic (exact) mass is 369 g/mol. The first-order valence-corrected chi connectivity index (χ1v) is 7.08. The van der Waals surface area contributed by atoms with Crippen molar-refractivity contribution in [1.29, 1.82) is 0 Å². The highest BCUT2D eigenvalue weighted by atomic mass is 35.5. The summed E-state index contributed by atoms with van der Waals surface area (Å²) in [6, 6.07) is -0.722. The maximum Gasteiger partial charge on any atom is 0.390 e. The van der Waals surface area contributed by atoms with E-state index in [0.29, 0.717) is 13.0 Å². The third-order valence-electron chi connectivity index (χ3n) is 3.31. The molecule has 0 aromatic rings. The van der Waals surface area contributed by atoms with Gasteiger partial charge in [-0.05, 0) is 19.5 Å². The molecule has 0 rings (SSSR count). The van der Waals surface area contributed by atoms with Crippen molar-refractivity contribution in [3.63, 3.8) is 0 Å². The first kappa shape index (κ1) is 26.6. The van der Waals surface area contributed by atoms with E-state index < -0.39 is 24.5 Å². The summed E-state index contributed by atoms with van der Waals surface area (Å²) >= 11 is 0. The Morgan fingerprint density at radius 1 is 1.05 bits per heavy atom. The van der Waals surface area contributed by atoms with E-state index in [-0.39, 0.29) is 37.9 Å². The Morgan fingerprint density at radius 2 is 1.55 bits per heavy atom. The zero-order valence-corrected chi connectivity index (χ0v) is 15.0. The van der Waals surface area contributed by atoms with Gasteiger partial charge < -0.3 is 15.5 Å². The van der Waals surface area contributed by atoms with Crippen LogP contribution in [0, 0.1) is 0 Å². The Hall–Kier alpha value is -0.240. The highest BCUT2D eigenvalue weighted by Gasteiger charge is 2.30. The van der Waals surface area contributed by atoms with E-state index in [9.17, 15) is 18.0 Å². The molecule has 2 N–H and O–H groups in total. The smallest absolute Gasteiger partial charge is 0.340 e. The first-order valence-electron chi connectivity index (χ1n) is 7.08. The van der Waals surface area contributed by atoms with E-state index in [1.165, 1.54) is 4.90 Å². The Labute approximate surface area is 143 Å². The molecule has 0 aliphatic rings. The highest BCUT2D eigenvalue weighted by Crippen LogP contribution is 2.20. The van der Waals surface area contributed by atoms with E-state index in [1.807, 2.05) is 13.8 Å². The first-order chi connectivity index (χ1) is 9.25. The number of nitrogens with zero attached hydrogens (tertiary/aromatic N) is 2. The van der Waals surface area contributed by atoms with Gasteiger partial charge in [0.1, 0.15) is 0 Å². The van der Waals surface area contributed by atoms with Gasteiger partial charge in [-0.15, -0.1) is 24.8 Å². The summed E-state index contributed by atoms with van der Waals surface area (Å²) < 4.78 is 36.9. The second kappa shape index (κ2) is 13.2. The van der Waals surface area contributed by atoms with Crippen molar-refractivity contribution < 1.29 is 18.0 Å². The fourth-order valence-corrected chi connectivity index (χ4v) is 1.81. The zero-order valence-electron chi connectivity index (χ0n) is 13.4. The molecule has 0 fully saturated rings. The van der Waals surface area contributed by atoms with Crippen LogP contribution in [0.4, 0.5) is 13.2 Å². The maximum atomic E-state index is 12.3. The molecule has 0 radical (unpaired) electrons. The van der Waals surface area contributed by atoms with Crippen molar-refractivity contribution >= 4 is 30.7 Å². The Morgan fingerprint density at radius 3 is 1.91 bits per heavy atom. The molecule has 1 atom stereocenters. The molecule has 0 saturated carbocycles. The molecule has 0 aliphatic heterocycles. The number of hydrogen-bond acceptors (Lipinski definition) is 3. The lowest BCUT2D eigenvalue weighted by atomic mass is 10.2. The molecule has 4 nitrogen and oxygen atoms in total. The fraction of sp³-hybridized carbons (Fsp3) is 0.923. The number of halogens is 5. The van der Waals surface area contributed by atoms with Crippen molar-refractivity contribution in [3.8, 4) is 0 Å². The second-order valence-corrected chi connectivity index (χ2v) is 4.73. The largest absolute Gasteiger partial charge is 0.390 e. The average Bonchev–Trinajstić information content (AvgIpc) is 2.40. The van der Waals surface area contributed by atoms with Crippen LogP contribution in [0.2, 0.25) is 0 Å². The number of alkyl halides is 3. The van der Waals surface area contributed by atoms with Crippen molar-refractivity contribution in [2.75, 3.05) is 32.7 Å². The third kappa shape index (κ3) is 11.3. The second-order valence-electron chi connectivity index (χ2n) is 4.73. The van der Waals surface area contributed by atoms with E-state index >= 15 is 0 Å². The normalized spacial score (nSPS) is 12.4. The van der Waals surface area contributed by atoms with Crippen LogP contribution in [0.5, 0.6) is 0 Å². The summed E-state index contributed by atoms with van der Waals surface area (Å²) in [5.41, 5.74) is 5.64. The molecule has 0 spiro atoms. The van der Waals surface area contributed by atoms with E-state index in [4.69, 9.17) is 5.73 Å². The fourth-order valence-electron chi connectivity index (χ4n) is 1.81. The predicted molar refractivity (Wildman–Crippen MR) is 87.8 cm³/mol. The van der Waals surface area contributed by atoms with Crippen LogP contribution >= 0.6 is 24.8 Å². The standard InChI is InChI=1S/C13H26F3N3O.2ClH/c1-4-11(17)12(20)19(8-7-13(14,15)16)10-9-18(5-2)6-3;;/h11H,4-10,17H2,1-3H3;2*1H/t11-;;/m0../s1. The number of hydrogen-bond donors (Lipinski definition) is 1. The zero-order chi connectivity index (χ0) is 15.8. The quantitative estimate of drug-likeness (QED) is 0.679. The Balaban J connectivity index is -0.00000180. The number of likely N-dealkylation sites (N-methyl/N-ethyl adjacent to an activating group) is 1. The average molecular weight is 370 g/mol. The lowest BCUT2D eigenvalue weighted by Gasteiger charge is -2.28. The van der Waals surface area contributed by atoms with Crippen molar-refractivity contribution in [1.82, 2.24) is 9.80 Å². The van der Waals surface area contributed by atoms with Crippen LogP contribution in [0.15, 0.2) is 0 Å². The molecule has 0 aliphatic carbocycles. The number of nitrogens with two attached hydrogens (primary N) is 1. The topological polar surface area (TPSA) is 49.6 Å². The van der Waals surface area contributed by atoms with Gasteiger partial charge >= 0.3 is 6.18 Å². The van der Waals surface area contributed by atoms with E-state index in [1.54, 1.807) is 6.92 Å². The van der Waals surface area contributed by atoms with Crippen LogP contribution in [0.25, 0.3) is 0 Å². The van der Waals surface area contributed by atoms with Gasteiger partial charge in [0.2, 0.25) is 5.91 Å². The van der Waals surface area contributed by atoms with Crippen molar-refractivity contribution in [2.24, 2.45) is 5.73 Å². The SMILES string of the molecule is CC[C@H](N)C(=O)N(CCN(CC)CC)CCC(F)(F)F.Cl.Cl. The summed E-state index contributed by atoms with van der Waals surface area (Å²) in [5.74, 6) is -0.399. The van der Waals surface area contributed by atoms with Gasteiger partial charge in [-0.25, -0.2) is 0 Å². The molecule has 1 amide bonds. The van der Waals surface area contributed by atoms with Gasteiger partial charge in [-0.2, -0.15) is 13.2 Å². The van der Waals surface area contributed by atoms with Gasteiger partial charge in [-0.3, -0.25) is 4.79 Å². The highest BCUT2D eigenvalue weighted by molar-refractivity contribution is 5.85. The Kier molecular flexibility index (Phi) is 16.0. The summed E-state index contributed by atoms with van der Waals surface area (Å²) in [6.07, 6.45) is -4.83. The van der Waals surface area contributed by atoms with Crippen molar-refractivity contribution in [2.45, 2.75) is 45.8 Å². The summed E-state index contributed by atoms with van der Waals surface area (Å²) in [5, 5.41) is 0. The summed E-state index contributed by atoms with van der Waals surface area (Å²) in [7, 11) is 0. The van der Waals surface area contributed by atoms with Gasteiger partial charge in [-0.1, -0.05) is 20.8 Å². The van der Waals surface area contributed by atoms with Crippen LogP contribution in [0.1, 0.15) is 33.6 Å². The molecule has 9 heteroatoms. The van der Waals surface area contributed by atoms with Gasteiger partial charge in [0.25, 0.3) is 0 Å². The minimum atomic E-state index is -4.26. The minimum absolute atomic E-state index is 0. The molecule has 136 valence electrons. The predicted octanol–water partition coefficient (Wildman–Crippen LogP) is 2.69. The summed E-state index contributed by atoms with van der Waals surface area (Å²) in [4.78, 5) is 15.3. The number of rotatable bonds is 9. The lowest BCUT2D eigenvalue weighted by Crippen LogP contribution is -2.47. The minimum Gasteiger partial charge on any atom is -0.340 e. The van der Waals surface area contributed by atoms with Crippen LogP contribution in [-0.2, 0) is 4.79 Å². The lowest BCUT2D eigenvalue weighted by molar-refractivity contribution is -0.146. The summed E-state index contributed by atoms with van der Waals surface area (Å²) in [6.45, 7) is 7.82. The van der Waals surface area contributed by atoms with Crippen molar-refractivity contribution in [3.05, 3.63) is 0 Å². The third-order valence-corrected chi connectivity index (χ3v) is 3.31. The van der Waals surface area contributed by atoms with Gasteiger partial charge in [0.05, 0.1) is 12.5 Å². The van der Waals surface area contributed by atoms with Crippen LogP contribution in [0.3, 0.4) is 0 Å². The molecule has 0 heterocycles. The molecule has 0 aromatic carbocycles. The van der Waals surface area contributed by atoms with Gasteiger partial charge in [0.15, 0.2) is 0 Å². The molecule has 0 aromatic heterocycles. The molecular formula is C13H28Cl2F3N3O. The van der Waals surface area contributed by atoms with E-state index in [2.05, 4.69) is 4.90 Å². The maximum absolute atomic E-state index is 12.3. The van der Waals surface area contributed by atoms with E-state index in [0.717, 1.165) is 13.1 Å². The Bertz CT molecular complexity index is 290. The number of carbonyl (C=O) groups excluding carboxylic acids is 1. The van der Waals surface area contributed by atoms with Crippen LogP contribution in [-0.4, -0.2) is 60.6 Å². The molecule has 0 bridgehead atoms. The number of amides is 1. The van der Waals surface area contributed by atoms with Crippen LogP contribution < -0.4 is 5.73 Å². The molecule has 22 heavy (non-hydrogen) atoms. The molecular weight excluding hydrogens is 342 g/mol. The molecule has 0 unspecified atom stereocenters.